The van der Waals surface area contributed by atoms with Crippen LogP contribution in [0.2, 0.25) is 0 Å². The van der Waals surface area contributed by atoms with Crippen LogP contribution in [0.3, 0.4) is 0 Å². The molecule has 1 aromatic heterocycles. The first kappa shape index (κ1) is 20.2. The fourth-order valence-electron chi connectivity index (χ4n) is 1.98. The van der Waals surface area contributed by atoms with Gasteiger partial charge < -0.3 is 29.2 Å². The maximum absolute atomic E-state index is 11.4. The zero-order valence-electron chi connectivity index (χ0n) is 13.9. The summed E-state index contributed by atoms with van der Waals surface area (Å²) in [5.41, 5.74) is 3.49. The highest BCUT2D eigenvalue weighted by molar-refractivity contribution is 5.74. The minimum absolute atomic E-state index is 0.0364. The molecular weight excluding hydrogens is 316 g/mol. The van der Waals surface area contributed by atoms with E-state index >= 15 is 0 Å². The first-order chi connectivity index (χ1) is 11.5. The molecule has 0 aromatic carbocycles. The van der Waals surface area contributed by atoms with Crippen LogP contribution in [0.5, 0.6) is 0 Å². The number of hydrogen-bond donors (Lipinski definition) is 3. The lowest BCUT2D eigenvalue weighted by atomic mass is 10.1. The van der Waals surface area contributed by atoms with Crippen molar-refractivity contribution >= 4 is 5.97 Å². The van der Waals surface area contributed by atoms with Gasteiger partial charge in [-0.3, -0.25) is 0 Å². The highest BCUT2D eigenvalue weighted by atomic mass is 16.5. The Morgan fingerprint density at radius 3 is 2.75 bits per heavy atom. The van der Waals surface area contributed by atoms with Crippen LogP contribution in [0.4, 0.5) is 0 Å². The second-order valence-electron chi connectivity index (χ2n) is 5.07. The van der Waals surface area contributed by atoms with E-state index < -0.39 is 18.2 Å². The molecule has 1 rings (SSSR count). The second-order valence-corrected chi connectivity index (χ2v) is 5.07. The molecule has 1 heterocycles. The number of carbonyl (C=O) groups is 1. The number of methoxy groups -OCH3 is 1. The van der Waals surface area contributed by atoms with Gasteiger partial charge in [-0.05, 0) is 25.1 Å². The number of aliphatic hydroxyl groups is 3. The topological polar surface area (TPSA) is 109 Å². The maximum Gasteiger partial charge on any atom is 0.335 e. The van der Waals surface area contributed by atoms with Crippen molar-refractivity contribution in [2.24, 2.45) is 0 Å². The van der Waals surface area contributed by atoms with E-state index in [2.05, 4.69) is 5.73 Å². The van der Waals surface area contributed by atoms with Crippen LogP contribution in [0.1, 0.15) is 37.4 Å². The minimum Gasteiger partial charge on any atom is -0.464 e. The first-order valence-electron chi connectivity index (χ1n) is 7.65. The van der Waals surface area contributed by atoms with E-state index in [1.807, 2.05) is 0 Å². The van der Waals surface area contributed by atoms with Gasteiger partial charge in [0.15, 0.2) is 6.10 Å². The number of ether oxygens (including phenoxy) is 2. The lowest BCUT2D eigenvalue weighted by Crippen LogP contribution is -2.24. The van der Waals surface area contributed by atoms with Crippen LogP contribution in [0, 0.1) is 0 Å². The Bertz CT molecular complexity index is 569. The number of aliphatic hydroxyl groups excluding tert-OH is 3. The molecule has 7 heteroatoms. The van der Waals surface area contributed by atoms with Gasteiger partial charge in [-0.1, -0.05) is 0 Å². The molecule has 0 unspecified atom stereocenters. The van der Waals surface area contributed by atoms with Crippen molar-refractivity contribution in [2.45, 2.75) is 38.6 Å². The molecule has 0 aliphatic heterocycles. The Hall–Kier alpha value is -1.89. The average molecular weight is 340 g/mol. The van der Waals surface area contributed by atoms with Gasteiger partial charge in [0.1, 0.15) is 24.2 Å². The van der Waals surface area contributed by atoms with Gasteiger partial charge in [-0.25, -0.2) is 4.79 Å². The standard InChI is InChI=1S/C17H24O7/c1-3-23-17(21)15(20)9-12(11-22-2)5-4-6-14(19)16-8-7-13(10-18)24-16/h4,7-8,14-15,18-20H,3,6,9-11H2,1-2H3/t5?,14-,15-/m1/s1. The number of rotatable bonds is 10. The minimum atomic E-state index is -1.28. The number of hydrogen-bond acceptors (Lipinski definition) is 7. The molecule has 2 atom stereocenters. The van der Waals surface area contributed by atoms with Gasteiger partial charge in [-0.2, -0.15) is 0 Å². The van der Waals surface area contributed by atoms with Crippen LogP contribution < -0.4 is 0 Å². The molecular formula is C17H24O7. The van der Waals surface area contributed by atoms with E-state index in [0.717, 1.165) is 0 Å². The Morgan fingerprint density at radius 1 is 1.42 bits per heavy atom. The third kappa shape index (κ3) is 6.70. The number of carbonyl (C=O) groups excluding carboxylic acids is 1. The van der Waals surface area contributed by atoms with Crippen molar-refractivity contribution in [3.63, 3.8) is 0 Å². The van der Waals surface area contributed by atoms with Crippen molar-refractivity contribution in [2.75, 3.05) is 20.3 Å². The molecule has 0 fully saturated rings. The Morgan fingerprint density at radius 2 is 2.17 bits per heavy atom. The molecule has 0 spiro atoms. The van der Waals surface area contributed by atoms with Crippen molar-refractivity contribution in [3.05, 3.63) is 41.0 Å². The molecule has 134 valence electrons. The Labute approximate surface area is 140 Å². The SMILES string of the molecule is CCOC(=O)[C@H](O)CC(=C=CC[C@@H](O)c1ccc(CO)o1)COC. The van der Waals surface area contributed by atoms with Crippen LogP contribution in [-0.2, 0) is 20.9 Å². The zero-order chi connectivity index (χ0) is 17.9. The van der Waals surface area contributed by atoms with Crippen LogP contribution in [0.15, 0.2) is 33.9 Å². The van der Waals surface area contributed by atoms with Gasteiger partial charge >= 0.3 is 5.97 Å². The van der Waals surface area contributed by atoms with Crippen molar-refractivity contribution in [3.8, 4) is 0 Å². The van der Waals surface area contributed by atoms with E-state index in [0.29, 0.717) is 17.1 Å². The van der Waals surface area contributed by atoms with Gasteiger partial charge in [0.2, 0.25) is 0 Å². The van der Waals surface area contributed by atoms with Crippen LogP contribution in [0.25, 0.3) is 0 Å². The van der Waals surface area contributed by atoms with E-state index in [1.165, 1.54) is 7.11 Å². The molecule has 7 nitrogen and oxygen atoms in total. The monoisotopic (exact) mass is 340 g/mol. The van der Waals surface area contributed by atoms with Gasteiger partial charge in [0.25, 0.3) is 0 Å². The summed E-state index contributed by atoms with van der Waals surface area (Å²) in [6.45, 7) is 1.82. The molecule has 1 aromatic rings. The largest absolute Gasteiger partial charge is 0.464 e. The highest BCUT2D eigenvalue weighted by Crippen LogP contribution is 2.20. The zero-order valence-corrected chi connectivity index (χ0v) is 13.9. The summed E-state index contributed by atoms with van der Waals surface area (Å²) in [5, 5.41) is 28.7. The highest BCUT2D eigenvalue weighted by Gasteiger charge is 2.18. The molecule has 0 saturated carbocycles. The third-order valence-corrected chi connectivity index (χ3v) is 3.13. The Kier molecular flexibility index (Phi) is 9.07. The quantitative estimate of drug-likeness (QED) is 0.434. The molecule has 0 aliphatic rings. The predicted octanol–water partition coefficient (Wildman–Crippen LogP) is 1.24. The summed E-state index contributed by atoms with van der Waals surface area (Å²) < 4.78 is 15.0. The van der Waals surface area contributed by atoms with E-state index in [-0.39, 0.29) is 32.7 Å². The van der Waals surface area contributed by atoms with Gasteiger partial charge in [-0.15, -0.1) is 5.73 Å². The summed E-state index contributed by atoms with van der Waals surface area (Å²) >= 11 is 0. The summed E-state index contributed by atoms with van der Waals surface area (Å²) in [4.78, 5) is 11.4. The molecule has 0 amide bonds. The lowest BCUT2D eigenvalue weighted by Gasteiger charge is -2.10. The van der Waals surface area contributed by atoms with E-state index in [1.54, 1.807) is 25.1 Å². The average Bonchev–Trinajstić information content (AvgIpc) is 3.04. The normalized spacial score (nSPS) is 13.0. The fraction of sp³-hybridized carbons (Fsp3) is 0.529. The molecule has 0 radical (unpaired) electrons. The van der Waals surface area contributed by atoms with Crippen molar-refractivity contribution < 1.29 is 34.0 Å². The maximum atomic E-state index is 11.4. The molecule has 24 heavy (non-hydrogen) atoms. The third-order valence-electron chi connectivity index (χ3n) is 3.13. The van der Waals surface area contributed by atoms with Crippen molar-refractivity contribution in [1.82, 2.24) is 0 Å². The second kappa shape index (κ2) is 10.8. The number of esters is 1. The van der Waals surface area contributed by atoms with Crippen LogP contribution >= 0.6 is 0 Å². The molecule has 3 N–H and O–H groups in total. The lowest BCUT2D eigenvalue weighted by molar-refractivity contribution is -0.152. The van der Waals surface area contributed by atoms with Crippen molar-refractivity contribution in [1.29, 1.82) is 0 Å². The van der Waals surface area contributed by atoms with Gasteiger partial charge in [0.05, 0.1) is 13.2 Å². The fourth-order valence-corrected chi connectivity index (χ4v) is 1.98. The predicted molar refractivity (Wildman–Crippen MR) is 84.9 cm³/mol. The van der Waals surface area contributed by atoms with Crippen LogP contribution in [-0.4, -0.2) is 47.7 Å². The Balaban J connectivity index is 2.68. The summed E-state index contributed by atoms with van der Waals surface area (Å²) in [5.74, 6) is 0.0261. The molecule has 0 aliphatic carbocycles. The molecule has 0 bridgehead atoms. The van der Waals surface area contributed by atoms with E-state index in [9.17, 15) is 15.0 Å². The van der Waals surface area contributed by atoms with E-state index in [4.69, 9.17) is 19.0 Å². The smallest absolute Gasteiger partial charge is 0.335 e. The number of furan rings is 1. The molecule has 0 saturated heterocycles. The summed E-state index contributed by atoms with van der Waals surface area (Å²) in [7, 11) is 1.49. The van der Waals surface area contributed by atoms with Gasteiger partial charge in [0, 0.05) is 25.5 Å². The summed E-state index contributed by atoms with van der Waals surface area (Å²) in [6.07, 6.45) is -0.317. The summed E-state index contributed by atoms with van der Waals surface area (Å²) in [6, 6.07) is 3.18. The first-order valence-corrected chi connectivity index (χ1v) is 7.65.